The van der Waals surface area contributed by atoms with Crippen LogP contribution in [0.5, 0.6) is 0 Å². The van der Waals surface area contributed by atoms with Crippen molar-refractivity contribution in [2.24, 2.45) is 5.73 Å². The van der Waals surface area contributed by atoms with Gasteiger partial charge in [-0.1, -0.05) is 172 Å². The first-order valence-corrected chi connectivity index (χ1v) is 27.2. The number of hydrogen-bond acceptors (Lipinski definition) is 4. The van der Waals surface area contributed by atoms with E-state index in [-0.39, 0.29) is 0 Å². The SMILES string of the molecule is ClCc1ccc(Cl)cc1.Clc1ccc(CCc2nc3ccccc3[nH]2)cc1Cl.Clc1ccc(Cn2c(CCc3ccc(Cl)c(Cl)c3)nc3ccccc32)cc1.Clc1nc2ccccc2[nH]1.NCc1ccc(Cl)c(Cl)c1. The molecule has 11 rings (SSSR count). The van der Waals surface area contributed by atoms with Crippen LogP contribution in [0.25, 0.3) is 33.1 Å². The smallest absolute Gasteiger partial charge is 0.201 e. The van der Waals surface area contributed by atoms with E-state index in [1.54, 1.807) is 12.1 Å². The summed E-state index contributed by atoms with van der Waals surface area (Å²) >= 11 is 58.2. The van der Waals surface area contributed by atoms with E-state index in [0.29, 0.717) is 47.8 Å². The van der Waals surface area contributed by atoms with Gasteiger partial charge < -0.3 is 20.3 Å². The van der Waals surface area contributed by atoms with E-state index in [1.807, 2.05) is 140 Å². The summed E-state index contributed by atoms with van der Waals surface area (Å²) in [7, 11) is 0. The van der Waals surface area contributed by atoms with Gasteiger partial charge >= 0.3 is 0 Å². The Morgan fingerprint density at radius 2 is 0.853 bits per heavy atom. The van der Waals surface area contributed by atoms with Crippen molar-refractivity contribution < 1.29 is 0 Å². The average molecular weight is 1200 g/mol. The summed E-state index contributed by atoms with van der Waals surface area (Å²) in [6.45, 7) is 1.26. The Morgan fingerprint density at radius 1 is 0.400 bits per heavy atom. The van der Waals surface area contributed by atoms with Gasteiger partial charge in [-0.15, -0.1) is 11.6 Å². The molecule has 3 heterocycles. The van der Waals surface area contributed by atoms with Gasteiger partial charge in [-0.05, 0) is 149 Å². The van der Waals surface area contributed by atoms with Gasteiger partial charge in [-0.3, -0.25) is 0 Å². The molecule has 11 aromatic rings. The number of aryl methyl sites for hydroxylation is 4. The molecule has 0 bridgehead atoms. The number of hydrogen-bond donors (Lipinski definition) is 3. The Hall–Kier alpha value is -4.97. The fraction of sp³-hybridized carbons (Fsp3) is 0.121. The van der Waals surface area contributed by atoms with E-state index < -0.39 is 0 Å². The normalized spacial score (nSPS) is 10.7. The lowest BCUT2D eigenvalue weighted by molar-refractivity contribution is 0.730. The molecule has 75 heavy (non-hydrogen) atoms. The van der Waals surface area contributed by atoms with Crippen molar-refractivity contribution in [3.8, 4) is 0 Å². The van der Waals surface area contributed by atoms with Crippen LogP contribution in [-0.2, 0) is 44.7 Å². The minimum Gasteiger partial charge on any atom is -0.342 e. The van der Waals surface area contributed by atoms with Gasteiger partial charge in [0.15, 0.2) is 0 Å². The largest absolute Gasteiger partial charge is 0.342 e. The predicted molar refractivity (Wildman–Crippen MR) is 321 cm³/mol. The van der Waals surface area contributed by atoms with Crippen LogP contribution in [0.3, 0.4) is 0 Å². The van der Waals surface area contributed by atoms with E-state index in [0.717, 1.165) is 109 Å². The number of imidazole rings is 3. The highest BCUT2D eigenvalue weighted by atomic mass is 35.5. The Kier molecular flexibility index (Phi) is 22.3. The summed E-state index contributed by atoms with van der Waals surface area (Å²) in [6.07, 6.45) is 3.41. The lowest BCUT2D eigenvalue weighted by Crippen LogP contribution is -2.06. The van der Waals surface area contributed by atoms with Crippen molar-refractivity contribution in [1.29, 1.82) is 0 Å². The highest BCUT2D eigenvalue weighted by Crippen LogP contribution is 2.27. The molecular formula is C58H47Cl10N7. The standard InChI is InChI=1S/C22H17Cl3N2.C15H12Cl2N2.C7H7Cl2N.C7H6Cl2.C7H5ClN2/c23-17-9-5-16(6-10-17)14-27-21-4-2-1-3-20(21)26-22(27)12-8-15-7-11-18(24)19(25)13-15;16-11-7-5-10(9-12(11)17)6-8-15-18-13-3-1-2-4-14(13)19-15;8-6-2-1-5(4-10)3-7(6)9;8-5-6-1-3-7(9)4-2-6;8-7-9-5-3-1-2-4-6(5)10-7/h1-7,9-11,13H,8,12,14H2;1-5,7,9H,6,8H2,(H,18,19);1-3H,4,10H2;1-4H,5H2;1-4H,(H,9,10). The number of halogens is 10. The van der Waals surface area contributed by atoms with Crippen LogP contribution in [0.15, 0.2) is 176 Å². The second kappa shape index (κ2) is 29.0. The molecule has 0 fully saturated rings. The van der Waals surface area contributed by atoms with Crippen molar-refractivity contribution in [2.45, 2.75) is 44.7 Å². The number of nitrogens with two attached hydrogens (primary N) is 1. The minimum atomic E-state index is 0.446. The van der Waals surface area contributed by atoms with Gasteiger partial charge in [-0.2, -0.15) is 0 Å². The topological polar surface area (TPSA) is 101 Å². The molecule has 4 N–H and O–H groups in total. The van der Waals surface area contributed by atoms with Gasteiger partial charge in [0.1, 0.15) is 11.6 Å². The van der Waals surface area contributed by atoms with Crippen LogP contribution in [0.1, 0.15) is 39.5 Å². The Balaban J connectivity index is 0.000000148. The lowest BCUT2D eigenvalue weighted by Gasteiger charge is -2.10. The number of fused-ring (bicyclic) bond motifs is 3. The van der Waals surface area contributed by atoms with Crippen molar-refractivity contribution in [3.05, 3.63) is 261 Å². The summed E-state index contributed by atoms with van der Waals surface area (Å²) < 4.78 is 2.27. The molecule has 7 nitrogen and oxygen atoms in total. The third kappa shape index (κ3) is 17.5. The number of nitrogens with zero attached hydrogens (tertiary/aromatic N) is 4. The Labute approximate surface area is 485 Å². The minimum absolute atomic E-state index is 0.446. The highest BCUT2D eigenvalue weighted by molar-refractivity contribution is 6.43. The molecule has 0 atom stereocenters. The molecule has 384 valence electrons. The van der Waals surface area contributed by atoms with Crippen LogP contribution < -0.4 is 5.73 Å². The van der Waals surface area contributed by atoms with Crippen LogP contribution in [0.4, 0.5) is 0 Å². The Morgan fingerprint density at radius 3 is 1.37 bits per heavy atom. The maximum atomic E-state index is 6.15. The predicted octanol–water partition coefficient (Wildman–Crippen LogP) is 19.2. The number of rotatable bonds is 10. The van der Waals surface area contributed by atoms with Gasteiger partial charge in [0, 0.05) is 41.9 Å². The van der Waals surface area contributed by atoms with E-state index in [1.165, 1.54) is 5.56 Å². The van der Waals surface area contributed by atoms with E-state index in [2.05, 4.69) is 48.8 Å². The summed E-state index contributed by atoms with van der Waals surface area (Å²) in [6, 6.07) is 56.3. The second-order valence-corrected chi connectivity index (χ2v) is 20.6. The molecule has 0 saturated carbocycles. The quantitative estimate of drug-likeness (QED) is 0.119. The fourth-order valence-corrected chi connectivity index (χ4v) is 9.05. The summed E-state index contributed by atoms with van der Waals surface area (Å²) in [5.41, 5.74) is 17.1. The lowest BCUT2D eigenvalue weighted by atomic mass is 10.1. The molecule has 0 aliphatic heterocycles. The highest BCUT2D eigenvalue weighted by Gasteiger charge is 2.12. The van der Waals surface area contributed by atoms with Crippen LogP contribution in [0.2, 0.25) is 45.5 Å². The third-order valence-electron chi connectivity index (χ3n) is 11.3. The van der Waals surface area contributed by atoms with Crippen molar-refractivity contribution in [1.82, 2.24) is 29.5 Å². The van der Waals surface area contributed by atoms with Crippen molar-refractivity contribution >= 4 is 149 Å². The van der Waals surface area contributed by atoms with Gasteiger partial charge in [-0.25, -0.2) is 15.0 Å². The number of alkyl halides is 1. The van der Waals surface area contributed by atoms with E-state index >= 15 is 0 Å². The molecule has 3 aromatic heterocycles. The number of nitrogens with one attached hydrogen (secondary N) is 2. The van der Waals surface area contributed by atoms with Crippen molar-refractivity contribution in [2.75, 3.05) is 0 Å². The van der Waals surface area contributed by atoms with E-state index in [9.17, 15) is 0 Å². The number of H-pyrrole nitrogens is 2. The molecule has 17 heteroatoms. The van der Waals surface area contributed by atoms with Crippen LogP contribution >= 0.6 is 116 Å². The molecular weight excluding hydrogens is 1150 g/mol. The number of para-hydroxylation sites is 6. The van der Waals surface area contributed by atoms with Crippen LogP contribution in [0, 0.1) is 0 Å². The fourth-order valence-electron chi connectivity index (χ4n) is 7.46. The second-order valence-electron chi connectivity index (χ2n) is 16.7. The number of aromatic nitrogens is 6. The van der Waals surface area contributed by atoms with E-state index in [4.69, 9.17) is 127 Å². The number of aromatic amines is 2. The molecule has 0 amide bonds. The van der Waals surface area contributed by atoms with Crippen molar-refractivity contribution in [3.63, 3.8) is 0 Å². The zero-order valence-electron chi connectivity index (χ0n) is 39.8. The molecule has 0 saturated heterocycles. The van der Waals surface area contributed by atoms with Gasteiger partial charge in [0.2, 0.25) is 5.28 Å². The first kappa shape index (κ1) is 57.7. The first-order chi connectivity index (χ1) is 36.2. The molecule has 0 aliphatic carbocycles. The summed E-state index contributed by atoms with van der Waals surface area (Å²) in [5, 5.41) is 5.43. The monoisotopic (exact) mass is 1190 g/mol. The Bertz CT molecular complexity index is 3510. The summed E-state index contributed by atoms with van der Waals surface area (Å²) in [4.78, 5) is 19.7. The average Bonchev–Trinajstić information content (AvgIpc) is 4.13. The third-order valence-corrected chi connectivity index (χ3v) is 14.5. The molecule has 8 aromatic carbocycles. The molecule has 0 aliphatic rings. The molecule has 0 spiro atoms. The summed E-state index contributed by atoms with van der Waals surface area (Å²) in [5.74, 6) is 2.60. The zero-order valence-corrected chi connectivity index (χ0v) is 47.4. The van der Waals surface area contributed by atoms with Gasteiger partial charge in [0.05, 0.1) is 63.2 Å². The number of benzene rings is 8. The maximum absolute atomic E-state index is 6.15. The molecule has 0 radical (unpaired) electrons. The zero-order chi connectivity index (χ0) is 53.3. The molecule has 0 unspecified atom stereocenters. The van der Waals surface area contributed by atoms with Crippen LogP contribution in [-0.4, -0.2) is 29.5 Å². The first-order valence-electron chi connectivity index (χ1n) is 23.3. The maximum Gasteiger partial charge on any atom is 0.201 e. The van der Waals surface area contributed by atoms with Gasteiger partial charge in [0.25, 0.3) is 0 Å².